The van der Waals surface area contributed by atoms with Crippen molar-refractivity contribution in [3.05, 3.63) is 41.5 Å². The molecule has 0 saturated heterocycles. The van der Waals surface area contributed by atoms with E-state index in [-0.39, 0.29) is 0 Å². The maximum atomic E-state index is 10.5. The predicted molar refractivity (Wildman–Crippen MR) is 67.9 cm³/mol. The first-order valence-electron chi connectivity index (χ1n) is 5.70. The van der Waals surface area contributed by atoms with Crippen molar-refractivity contribution in [2.24, 2.45) is 0 Å². The van der Waals surface area contributed by atoms with E-state index in [9.17, 15) is 4.79 Å². The molecule has 0 unspecified atom stereocenters. The van der Waals surface area contributed by atoms with Gasteiger partial charge in [0.05, 0.1) is 6.61 Å². The molecule has 0 fully saturated rings. The summed E-state index contributed by atoms with van der Waals surface area (Å²) in [4.78, 5) is 10.5. The number of carbonyl (C=O) groups is 1. The second kappa shape index (κ2) is 5.40. The molecule has 0 bridgehead atoms. The lowest BCUT2D eigenvalue weighted by molar-refractivity contribution is -0.131. The van der Waals surface area contributed by atoms with Crippen molar-refractivity contribution in [1.82, 2.24) is 0 Å². The standard InChI is InChI=1S/C14H14O4/c1-2-17-12-4-5-13-11(8-12)7-10(9-18-13)3-6-14(15)16/h3-8H,2,9H2,1H3,(H,15,16). The first-order chi connectivity index (χ1) is 8.69. The molecule has 1 aliphatic rings. The Labute approximate surface area is 105 Å². The molecule has 0 aliphatic carbocycles. The van der Waals surface area contributed by atoms with Gasteiger partial charge in [0.25, 0.3) is 0 Å². The molecule has 0 atom stereocenters. The van der Waals surface area contributed by atoms with Crippen LogP contribution < -0.4 is 9.47 Å². The highest BCUT2D eigenvalue weighted by Crippen LogP contribution is 2.30. The van der Waals surface area contributed by atoms with Crippen LogP contribution in [0.4, 0.5) is 0 Å². The molecule has 4 nitrogen and oxygen atoms in total. The van der Waals surface area contributed by atoms with Gasteiger partial charge in [0, 0.05) is 11.6 Å². The van der Waals surface area contributed by atoms with Gasteiger partial charge in [-0.3, -0.25) is 0 Å². The fourth-order valence-electron chi connectivity index (χ4n) is 1.70. The fraction of sp³-hybridized carbons (Fsp3) is 0.214. The second-order valence-corrected chi connectivity index (χ2v) is 3.81. The lowest BCUT2D eigenvalue weighted by Gasteiger charge is -2.17. The zero-order valence-corrected chi connectivity index (χ0v) is 10.1. The molecule has 1 N–H and O–H groups in total. The minimum absolute atomic E-state index is 0.380. The summed E-state index contributed by atoms with van der Waals surface area (Å²) in [7, 11) is 0. The molecule has 0 spiro atoms. The van der Waals surface area contributed by atoms with Crippen LogP contribution in [0.25, 0.3) is 6.08 Å². The largest absolute Gasteiger partial charge is 0.494 e. The van der Waals surface area contributed by atoms with Crippen LogP contribution in [0.3, 0.4) is 0 Å². The van der Waals surface area contributed by atoms with Gasteiger partial charge in [0.2, 0.25) is 0 Å². The molecule has 2 rings (SSSR count). The summed E-state index contributed by atoms with van der Waals surface area (Å²) >= 11 is 0. The van der Waals surface area contributed by atoms with Crippen molar-refractivity contribution >= 4 is 12.0 Å². The normalized spacial score (nSPS) is 13.7. The number of benzene rings is 1. The number of rotatable bonds is 4. The molecule has 0 amide bonds. The third kappa shape index (κ3) is 2.91. The Bertz CT molecular complexity index is 515. The van der Waals surface area contributed by atoms with E-state index in [2.05, 4.69) is 0 Å². The first kappa shape index (κ1) is 12.2. The van der Waals surface area contributed by atoms with Gasteiger partial charge in [0.15, 0.2) is 0 Å². The van der Waals surface area contributed by atoms with Gasteiger partial charge >= 0.3 is 5.97 Å². The van der Waals surface area contributed by atoms with Crippen molar-refractivity contribution in [2.75, 3.05) is 13.2 Å². The van der Waals surface area contributed by atoms with E-state index in [1.54, 1.807) is 6.08 Å². The number of hydrogen-bond donors (Lipinski definition) is 1. The zero-order valence-electron chi connectivity index (χ0n) is 10.1. The SMILES string of the molecule is CCOc1ccc2c(c1)C=C(C=CC(=O)O)CO2. The Morgan fingerprint density at radius 3 is 3.11 bits per heavy atom. The lowest BCUT2D eigenvalue weighted by Crippen LogP contribution is -2.06. The first-order valence-corrected chi connectivity index (χ1v) is 5.70. The molecule has 1 aromatic carbocycles. The Morgan fingerprint density at radius 1 is 1.56 bits per heavy atom. The van der Waals surface area contributed by atoms with Crippen LogP contribution in [0.1, 0.15) is 12.5 Å². The maximum Gasteiger partial charge on any atom is 0.328 e. The number of carboxylic acids is 1. The highest BCUT2D eigenvalue weighted by atomic mass is 16.5. The molecule has 1 aromatic rings. The van der Waals surface area contributed by atoms with E-state index in [0.29, 0.717) is 13.2 Å². The van der Waals surface area contributed by atoms with Gasteiger partial charge in [-0.15, -0.1) is 0 Å². The van der Waals surface area contributed by atoms with Crippen LogP contribution in [-0.2, 0) is 4.79 Å². The molecular formula is C14H14O4. The molecule has 1 aliphatic heterocycles. The molecule has 0 aromatic heterocycles. The molecule has 4 heteroatoms. The number of carboxylic acid groups (broad SMARTS) is 1. The molecular weight excluding hydrogens is 232 g/mol. The summed E-state index contributed by atoms with van der Waals surface area (Å²) in [5.41, 5.74) is 1.72. The van der Waals surface area contributed by atoms with Crippen LogP contribution in [0.5, 0.6) is 11.5 Å². The van der Waals surface area contributed by atoms with Gasteiger partial charge in [-0.1, -0.05) is 0 Å². The fourth-order valence-corrected chi connectivity index (χ4v) is 1.70. The van der Waals surface area contributed by atoms with Crippen molar-refractivity contribution in [1.29, 1.82) is 0 Å². The Hall–Kier alpha value is -2.23. The van der Waals surface area contributed by atoms with Gasteiger partial charge in [0.1, 0.15) is 18.1 Å². The van der Waals surface area contributed by atoms with E-state index in [1.807, 2.05) is 31.2 Å². The summed E-state index contributed by atoms with van der Waals surface area (Å²) in [6, 6.07) is 5.59. The minimum atomic E-state index is -0.968. The quantitative estimate of drug-likeness (QED) is 0.829. The van der Waals surface area contributed by atoms with Crippen LogP contribution >= 0.6 is 0 Å². The summed E-state index contributed by atoms with van der Waals surface area (Å²) < 4.78 is 10.9. The number of fused-ring (bicyclic) bond motifs is 1. The highest BCUT2D eigenvalue weighted by Gasteiger charge is 2.10. The van der Waals surface area contributed by atoms with Gasteiger partial charge < -0.3 is 14.6 Å². The summed E-state index contributed by atoms with van der Waals surface area (Å²) in [6.45, 7) is 2.91. The Morgan fingerprint density at radius 2 is 2.39 bits per heavy atom. The molecule has 94 valence electrons. The molecule has 18 heavy (non-hydrogen) atoms. The van der Waals surface area contributed by atoms with Crippen molar-refractivity contribution in [3.63, 3.8) is 0 Å². The average Bonchev–Trinajstić information content (AvgIpc) is 2.36. The van der Waals surface area contributed by atoms with Gasteiger partial charge in [-0.25, -0.2) is 4.79 Å². The number of hydrogen-bond acceptors (Lipinski definition) is 3. The summed E-state index contributed by atoms with van der Waals surface area (Å²) in [6.07, 6.45) is 4.55. The third-order valence-electron chi connectivity index (χ3n) is 2.47. The van der Waals surface area contributed by atoms with E-state index in [1.165, 1.54) is 0 Å². The Balaban J connectivity index is 2.25. The highest BCUT2D eigenvalue weighted by molar-refractivity contribution is 5.81. The van der Waals surface area contributed by atoms with Crippen LogP contribution in [0.2, 0.25) is 0 Å². The van der Waals surface area contributed by atoms with Crippen molar-refractivity contribution in [3.8, 4) is 11.5 Å². The van der Waals surface area contributed by atoms with E-state index < -0.39 is 5.97 Å². The van der Waals surface area contributed by atoms with Crippen LogP contribution in [-0.4, -0.2) is 24.3 Å². The topological polar surface area (TPSA) is 55.8 Å². The Kier molecular flexibility index (Phi) is 3.67. The maximum absolute atomic E-state index is 10.5. The average molecular weight is 246 g/mol. The predicted octanol–water partition coefficient (Wildman–Crippen LogP) is 2.50. The smallest absolute Gasteiger partial charge is 0.328 e. The molecule has 0 radical (unpaired) electrons. The summed E-state index contributed by atoms with van der Waals surface area (Å²) in [5.74, 6) is 0.593. The van der Waals surface area contributed by atoms with Gasteiger partial charge in [-0.05, 0) is 42.8 Å². The minimum Gasteiger partial charge on any atom is -0.494 e. The number of ether oxygens (including phenoxy) is 2. The lowest BCUT2D eigenvalue weighted by atomic mass is 10.1. The third-order valence-corrected chi connectivity index (χ3v) is 2.47. The van der Waals surface area contributed by atoms with Gasteiger partial charge in [-0.2, -0.15) is 0 Å². The van der Waals surface area contributed by atoms with E-state index in [0.717, 1.165) is 28.7 Å². The summed E-state index contributed by atoms with van der Waals surface area (Å²) in [5, 5.41) is 8.58. The zero-order chi connectivity index (χ0) is 13.0. The molecule has 1 heterocycles. The second-order valence-electron chi connectivity index (χ2n) is 3.81. The van der Waals surface area contributed by atoms with Crippen molar-refractivity contribution < 1.29 is 19.4 Å². The number of aliphatic carboxylic acids is 1. The van der Waals surface area contributed by atoms with E-state index in [4.69, 9.17) is 14.6 Å². The van der Waals surface area contributed by atoms with Crippen molar-refractivity contribution in [2.45, 2.75) is 6.92 Å². The molecule has 0 saturated carbocycles. The van der Waals surface area contributed by atoms with Crippen LogP contribution in [0.15, 0.2) is 35.9 Å². The van der Waals surface area contributed by atoms with Crippen LogP contribution in [0, 0.1) is 0 Å². The van der Waals surface area contributed by atoms with E-state index >= 15 is 0 Å². The monoisotopic (exact) mass is 246 g/mol.